The van der Waals surface area contributed by atoms with Crippen LogP contribution in [-0.4, -0.2) is 15.7 Å². The van der Waals surface area contributed by atoms with Gasteiger partial charge in [-0.1, -0.05) is 6.92 Å². The molecule has 78 valence electrons. The van der Waals surface area contributed by atoms with Crippen LogP contribution in [0.5, 0.6) is 0 Å². The van der Waals surface area contributed by atoms with E-state index in [1.54, 1.807) is 0 Å². The Morgan fingerprint density at radius 2 is 2.27 bits per heavy atom. The van der Waals surface area contributed by atoms with Crippen LogP contribution in [0.15, 0.2) is 12.3 Å². The molecule has 0 saturated heterocycles. The number of nitrogens with zero attached hydrogens (tertiary/aromatic N) is 2. The van der Waals surface area contributed by atoms with Crippen molar-refractivity contribution in [2.75, 3.05) is 0 Å². The smallest absolute Gasteiger partial charge is 0.288 e. The van der Waals surface area contributed by atoms with Crippen LogP contribution in [0.1, 0.15) is 29.4 Å². The number of ketones is 1. The van der Waals surface area contributed by atoms with Crippen molar-refractivity contribution in [1.82, 2.24) is 4.98 Å². The molecule has 1 atom stereocenters. The van der Waals surface area contributed by atoms with Crippen molar-refractivity contribution < 1.29 is 9.72 Å². The zero-order valence-electron chi connectivity index (χ0n) is 8.27. The summed E-state index contributed by atoms with van der Waals surface area (Å²) in [5.74, 6) is 0.235. The summed E-state index contributed by atoms with van der Waals surface area (Å²) in [6.07, 6.45) is 2.39. The third kappa shape index (κ3) is 1.72. The van der Waals surface area contributed by atoms with Crippen LogP contribution in [-0.2, 0) is 6.42 Å². The molecule has 0 aliphatic heterocycles. The Morgan fingerprint density at radius 3 is 2.93 bits per heavy atom. The number of nitro groups is 1. The Bertz CT molecular complexity index is 442. The number of aromatic nitrogens is 1. The average molecular weight is 206 g/mol. The molecule has 1 unspecified atom stereocenters. The lowest BCUT2D eigenvalue weighted by Crippen LogP contribution is -2.19. The van der Waals surface area contributed by atoms with E-state index < -0.39 is 4.92 Å². The van der Waals surface area contributed by atoms with Gasteiger partial charge in [0.1, 0.15) is 6.20 Å². The highest BCUT2D eigenvalue weighted by Crippen LogP contribution is 2.26. The predicted molar refractivity (Wildman–Crippen MR) is 52.7 cm³/mol. The second kappa shape index (κ2) is 3.42. The molecule has 1 aliphatic carbocycles. The van der Waals surface area contributed by atoms with Gasteiger partial charge in [-0.25, -0.2) is 0 Å². The summed E-state index contributed by atoms with van der Waals surface area (Å²) < 4.78 is 0. The lowest BCUT2D eigenvalue weighted by molar-refractivity contribution is -0.385. The number of fused-ring (bicyclic) bond motifs is 1. The fourth-order valence-corrected chi connectivity index (χ4v) is 1.81. The number of rotatable bonds is 1. The molecule has 0 N–H and O–H groups in total. The van der Waals surface area contributed by atoms with Gasteiger partial charge in [0.2, 0.25) is 0 Å². The molecular formula is C10H10N2O3. The molecule has 1 aromatic heterocycles. The second-order valence-corrected chi connectivity index (χ2v) is 3.88. The van der Waals surface area contributed by atoms with Gasteiger partial charge < -0.3 is 0 Å². The Kier molecular flexibility index (Phi) is 2.22. The van der Waals surface area contributed by atoms with Crippen molar-refractivity contribution in [2.45, 2.75) is 19.8 Å². The predicted octanol–water partition coefficient (Wildman–Crippen LogP) is 1.75. The summed E-state index contributed by atoms with van der Waals surface area (Å²) in [4.78, 5) is 25.6. The van der Waals surface area contributed by atoms with E-state index >= 15 is 0 Å². The average Bonchev–Trinajstić information content (AvgIpc) is 2.16. The van der Waals surface area contributed by atoms with Crippen molar-refractivity contribution in [3.8, 4) is 0 Å². The van der Waals surface area contributed by atoms with E-state index in [9.17, 15) is 14.9 Å². The number of carbonyl (C=O) groups is 1. The maximum atomic E-state index is 11.6. The summed E-state index contributed by atoms with van der Waals surface area (Å²) in [6.45, 7) is 1.98. The van der Waals surface area contributed by atoms with Gasteiger partial charge in [-0.3, -0.25) is 19.9 Å². The van der Waals surface area contributed by atoms with Crippen molar-refractivity contribution in [3.05, 3.63) is 33.6 Å². The lowest BCUT2D eigenvalue weighted by Gasteiger charge is -2.18. The molecule has 5 nitrogen and oxygen atoms in total. The third-order valence-electron chi connectivity index (χ3n) is 2.54. The standard InChI is InChI=1S/C10H10N2O3/c1-6-2-9-8(10(13)3-6)4-7(5-11-9)12(14)15/h4-6H,2-3H2,1H3. The van der Waals surface area contributed by atoms with Crippen LogP contribution >= 0.6 is 0 Å². The summed E-state index contributed by atoms with van der Waals surface area (Å²) >= 11 is 0. The highest BCUT2D eigenvalue weighted by Gasteiger charge is 2.25. The van der Waals surface area contributed by atoms with Gasteiger partial charge in [0.25, 0.3) is 5.69 Å². The van der Waals surface area contributed by atoms with E-state index in [0.29, 0.717) is 17.7 Å². The van der Waals surface area contributed by atoms with Crippen LogP contribution < -0.4 is 0 Å². The Hall–Kier alpha value is -1.78. The van der Waals surface area contributed by atoms with Crippen LogP contribution in [0, 0.1) is 16.0 Å². The molecule has 2 rings (SSSR count). The Balaban J connectivity index is 2.48. The van der Waals surface area contributed by atoms with Gasteiger partial charge in [0, 0.05) is 18.1 Å². The van der Waals surface area contributed by atoms with Crippen molar-refractivity contribution in [3.63, 3.8) is 0 Å². The normalized spacial score (nSPS) is 19.8. The van der Waals surface area contributed by atoms with Crippen molar-refractivity contribution >= 4 is 11.5 Å². The molecule has 15 heavy (non-hydrogen) atoms. The Labute approximate surface area is 86.3 Å². The van der Waals surface area contributed by atoms with E-state index in [0.717, 1.165) is 6.42 Å². The van der Waals surface area contributed by atoms with Gasteiger partial charge >= 0.3 is 0 Å². The highest BCUT2D eigenvalue weighted by molar-refractivity contribution is 5.98. The molecule has 0 radical (unpaired) electrons. The summed E-state index contributed by atoms with van der Waals surface area (Å²) in [7, 11) is 0. The molecule has 1 heterocycles. The van der Waals surface area contributed by atoms with Gasteiger partial charge in [-0.15, -0.1) is 0 Å². The maximum Gasteiger partial charge on any atom is 0.288 e. The van der Waals surface area contributed by atoms with E-state index in [-0.39, 0.29) is 17.4 Å². The maximum absolute atomic E-state index is 11.6. The van der Waals surface area contributed by atoms with Gasteiger partial charge in [-0.05, 0) is 12.3 Å². The van der Waals surface area contributed by atoms with Crippen LogP contribution in [0.4, 0.5) is 5.69 Å². The number of Topliss-reactive ketones (excluding diaryl/α,β-unsaturated/α-hetero) is 1. The van der Waals surface area contributed by atoms with E-state index in [4.69, 9.17) is 0 Å². The summed E-state index contributed by atoms with van der Waals surface area (Å²) in [6, 6.07) is 1.33. The quantitative estimate of drug-likeness (QED) is 0.518. The van der Waals surface area contributed by atoms with E-state index in [2.05, 4.69) is 4.98 Å². The van der Waals surface area contributed by atoms with Crippen LogP contribution in [0.3, 0.4) is 0 Å². The molecule has 0 fully saturated rings. The number of hydrogen-bond donors (Lipinski definition) is 0. The summed E-state index contributed by atoms with van der Waals surface area (Å²) in [5.41, 5.74) is 0.989. The van der Waals surface area contributed by atoms with Gasteiger partial charge in [0.15, 0.2) is 5.78 Å². The first kappa shape index (κ1) is 9.76. The highest BCUT2D eigenvalue weighted by atomic mass is 16.6. The van der Waals surface area contributed by atoms with Crippen molar-refractivity contribution in [1.29, 1.82) is 0 Å². The number of pyridine rings is 1. The monoisotopic (exact) mass is 206 g/mol. The second-order valence-electron chi connectivity index (χ2n) is 3.88. The molecule has 0 aromatic carbocycles. The summed E-state index contributed by atoms with van der Waals surface area (Å²) in [5, 5.41) is 10.5. The fraction of sp³-hybridized carbons (Fsp3) is 0.400. The molecule has 0 spiro atoms. The first-order valence-electron chi connectivity index (χ1n) is 4.74. The zero-order valence-corrected chi connectivity index (χ0v) is 8.27. The topological polar surface area (TPSA) is 73.1 Å². The molecule has 0 amide bonds. The minimum atomic E-state index is -0.529. The van der Waals surface area contributed by atoms with Crippen LogP contribution in [0.2, 0.25) is 0 Å². The molecule has 0 saturated carbocycles. The minimum absolute atomic E-state index is 0.0417. The molecule has 0 bridgehead atoms. The van der Waals surface area contributed by atoms with E-state index in [1.807, 2.05) is 6.92 Å². The minimum Gasteiger partial charge on any atom is -0.294 e. The molecular weight excluding hydrogens is 196 g/mol. The van der Waals surface area contributed by atoms with Crippen LogP contribution in [0.25, 0.3) is 0 Å². The third-order valence-corrected chi connectivity index (χ3v) is 2.54. The molecule has 1 aliphatic rings. The first-order chi connectivity index (χ1) is 7.08. The number of carbonyl (C=O) groups excluding carboxylic acids is 1. The van der Waals surface area contributed by atoms with Gasteiger partial charge in [-0.2, -0.15) is 0 Å². The van der Waals surface area contributed by atoms with E-state index in [1.165, 1.54) is 12.3 Å². The zero-order chi connectivity index (χ0) is 11.0. The number of hydrogen-bond acceptors (Lipinski definition) is 4. The van der Waals surface area contributed by atoms with Crippen molar-refractivity contribution in [2.24, 2.45) is 5.92 Å². The molecule has 1 aromatic rings. The lowest BCUT2D eigenvalue weighted by atomic mass is 9.87. The first-order valence-corrected chi connectivity index (χ1v) is 4.74. The SMILES string of the molecule is CC1CC(=O)c2cc([N+](=O)[O-])cnc2C1. The molecule has 5 heteroatoms. The van der Waals surface area contributed by atoms with Gasteiger partial charge in [0.05, 0.1) is 10.6 Å². The fourth-order valence-electron chi connectivity index (χ4n) is 1.81. The largest absolute Gasteiger partial charge is 0.294 e. The Morgan fingerprint density at radius 1 is 1.53 bits per heavy atom.